The van der Waals surface area contributed by atoms with Crippen molar-refractivity contribution in [2.24, 2.45) is 0 Å². The summed E-state index contributed by atoms with van der Waals surface area (Å²) in [6.45, 7) is 3.12. The van der Waals surface area contributed by atoms with Crippen LogP contribution in [0.2, 0.25) is 0 Å². The van der Waals surface area contributed by atoms with Crippen molar-refractivity contribution >= 4 is 56.1 Å². The van der Waals surface area contributed by atoms with Crippen molar-refractivity contribution in [2.45, 2.75) is 50.5 Å². The summed E-state index contributed by atoms with van der Waals surface area (Å²) in [5.74, 6) is -4.64. The van der Waals surface area contributed by atoms with Gasteiger partial charge in [0.25, 0.3) is 5.91 Å². The zero-order valence-corrected chi connectivity index (χ0v) is 34.6. The first-order chi connectivity index (χ1) is 30.2. The van der Waals surface area contributed by atoms with Crippen molar-refractivity contribution < 1.29 is 45.9 Å². The molecular formula is C44H43F3N8O7S. The number of alkyl halides is 1. The van der Waals surface area contributed by atoms with Gasteiger partial charge in [0.1, 0.15) is 23.7 Å². The third-order valence-corrected chi connectivity index (χ3v) is 13.7. The van der Waals surface area contributed by atoms with E-state index in [1.54, 1.807) is 18.3 Å². The number of piperidine rings is 1. The first-order valence-corrected chi connectivity index (χ1v) is 22.1. The van der Waals surface area contributed by atoms with Gasteiger partial charge in [0.2, 0.25) is 17.6 Å². The molecule has 4 N–H and O–H groups in total. The van der Waals surface area contributed by atoms with Gasteiger partial charge in [-0.15, -0.1) is 0 Å². The smallest absolute Gasteiger partial charge is 0.301 e. The molecule has 3 amide bonds. The Kier molecular flexibility index (Phi) is 11.3. The summed E-state index contributed by atoms with van der Waals surface area (Å²) >= 11 is 0. The van der Waals surface area contributed by atoms with E-state index < -0.39 is 69.6 Å². The number of nitrogens with zero attached hydrogens (tertiary/aromatic N) is 5. The Bertz CT molecular complexity index is 2760. The molecule has 2 aromatic heterocycles. The number of ketones is 1. The molecule has 0 saturated carbocycles. The SMILES string of the molecule is O=C1CC[C@@H](N2Cc3cc(C[C@@H](O)CN4CCN(c5ccc(-c6cnc7[nH]cc(C(=O)c8c(F)ccc(NS(=O)(=O)N9CC[C@@H](F)C9)c8F)c7c6)cc5)CC4)ccc3C2=O)C(=O)N1. The number of anilines is 2. The lowest BCUT2D eigenvalue weighted by atomic mass is 9.99. The summed E-state index contributed by atoms with van der Waals surface area (Å²) in [5.41, 5.74) is 3.25. The number of carbonyl (C=O) groups excluding carboxylic acids is 4. The quantitative estimate of drug-likeness (QED) is 0.106. The second-order valence-electron chi connectivity index (χ2n) is 16.4. The van der Waals surface area contributed by atoms with Gasteiger partial charge in [0.05, 0.1) is 17.4 Å². The van der Waals surface area contributed by atoms with Crippen LogP contribution < -0.4 is 14.9 Å². The normalized spacial score (nSPS) is 20.3. The molecule has 4 aliphatic rings. The molecule has 6 heterocycles. The van der Waals surface area contributed by atoms with Crippen LogP contribution in [0.15, 0.2) is 73.1 Å². The van der Waals surface area contributed by atoms with E-state index in [9.17, 15) is 37.1 Å². The van der Waals surface area contributed by atoms with Gasteiger partial charge in [-0.1, -0.05) is 24.3 Å². The number of imide groups is 1. The van der Waals surface area contributed by atoms with Crippen molar-refractivity contribution in [3.8, 4) is 11.1 Å². The van der Waals surface area contributed by atoms with E-state index in [1.165, 1.54) is 11.1 Å². The number of pyridine rings is 1. The Morgan fingerprint density at radius 1 is 0.952 bits per heavy atom. The number of hydrogen-bond acceptors (Lipinski definition) is 10. The molecule has 15 nitrogen and oxygen atoms in total. The third-order valence-electron chi connectivity index (χ3n) is 12.2. The van der Waals surface area contributed by atoms with Crippen molar-refractivity contribution in [1.82, 2.24) is 29.4 Å². The molecule has 3 saturated heterocycles. The Hall–Kier alpha value is -6.15. The molecule has 0 aliphatic carbocycles. The number of β-amino-alcohol motifs (C(OH)–C–C–N with tert-alkyl or cyclic N) is 1. The maximum atomic E-state index is 15.7. The lowest BCUT2D eigenvalue weighted by Gasteiger charge is -2.37. The highest BCUT2D eigenvalue weighted by molar-refractivity contribution is 7.90. The third kappa shape index (κ3) is 8.40. The molecule has 19 heteroatoms. The van der Waals surface area contributed by atoms with Crippen LogP contribution in [0.4, 0.5) is 24.5 Å². The lowest BCUT2D eigenvalue weighted by molar-refractivity contribution is -0.136. The number of rotatable bonds is 12. The van der Waals surface area contributed by atoms with Gasteiger partial charge < -0.3 is 19.9 Å². The van der Waals surface area contributed by atoms with Crippen LogP contribution in [-0.2, 0) is 32.8 Å². The Balaban J connectivity index is 0.809. The number of hydrogen-bond donors (Lipinski definition) is 4. The fourth-order valence-electron chi connectivity index (χ4n) is 8.88. The molecule has 0 spiro atoms. The second kappa shape index (κ2) is 16.9. The van der Waals surface area contributed by atoms with E-state index in [0.717, 1.165) is 65.0 Å². The molecule has 4 aliphatic heterocycles. The summed E-state index contributed by atoms with van der Waals surface area (Å²) in [7, 11) is -4.37. The summed E-state index contributed by atoms with van der Waals surface area (Å²) in [5, 5.41) is 13.7. The number of amides is 3. The summed E-state index contributed by atoms with van der Waals surface area (Å²) in [4.78, 5) is 64.0. The van der Waals surface area contributed by atoms with Gasteiger partial charge in [-0.05, 0) is 72.4 Å². The first kappa shape index (κ1) is 42.2. The minimum atomic E-state index is -4.37. The van der Waals surface area contributed by atoms with E-state index in [-0.39, 0.29) is 43.3 Å². The van der Waals surface area contributed by atoms with Crippen LogP contribution in [0.5, 0.6) is 0 Å². The van der Waals surface area contributed by atoms with Crippen LogP contribution in [-0.4, -0.2) is 125 Å². The number of fused-ring (bicyclic) bond motifs is 2. The zero-order chi connectivity index (χ0) is 44.2. The van der Waals surface area contributed by atoms with Crippen LogP contribution in [0.25, 0.3) is 22.2 Å². The van der Waals surface area contributed by atoms with Crippen LogP contribution in [0.1, 0.15) is 56.7 Å². The molecule has 328 valence electrons. The molecule has 0 radical (unpaired) electrons. The number of aromatic amines is 1. The molecule has 63 heavy (non-hydrogen) atoms. The number of nitrogens with one attached hydrogen (secondary N) is 3. The van der Waals surface area contributed by atoms with Crippen molar-refractivity contribution in [3.05, 3.63) is 113 Å². The first-order valence-electron chi connectivity index (χ1n) is 20.7. The fraction of sp³-hybridized carbons (Fsp3) is 0.341. The van der Waals surface area contributed by atoms with Gasteiger partial charge in [0.15, 0.2) is 5.82 Å². The molecule has 0 bridgehead atoms. The minimum Gasteiger partial charge on any atom is -0.391 e. The molecule has 3 aromatic carbocycles. The van der Waals surface area contributed by atoms with Crippen molar-refractivity contribution in [2.75, 3.05) is 55.4 Å². The van der Waals surface area contributed by atoms with E-state index in [0.29, 0.717) is 41.5 Å². The van der Waals surface area contributed by atoms with E-state index >= 15 is 8.78 Å². The monoisotopic (exact) mass is 884 g/mol. The van der Waals surface area contributed by atoms with Gasteiger partial charge in [0, 0.05) is 98.9 Å². The average molecular weight is 885 g/mol. The maximum Gasteiger partial charge on any atom is 0.301 e. The maximum absolute atomic E-state index is 15.7. The molecule has 5 aromatic rings. The van der Waals surface area contributed by atoms with Gasteiger partial charge in [-0.25, -0.2) is 18.2 Å². The number of benzene rings is 3. The summed E-state index contributed by atoms with van der Waals surface area (Å²) in [6.07, 6.45) is 1.78. The van der Waals surface area contributed by atoms with Gasteiger partial charge >= 0.3 is 10.2 Å². The Morgan fingerprint density at radius 3 is 2.46 bits per heavy atom. The topological polar surface area (TPSA) is 188 Å². The zero-order valence-electron chi connectivity index (χ0n) is 33.8. The van der Waals surface area contributed by atoms with Crippen LogP contribution in [0.3, 0.4) is 0 Å². The number of H-pyrrole nitrogens is 1. The largest absolute Gasteiger partial charge is 0.391 e. The Morgan fingerprint density at radius 2 is 1.73 bits per heavy atom. The number of aliphatic hydroxyl groups is 1. The minimum absolute atomic E-state index is 0.00612. The molecule has 0 unspecified atom stereocenters. The number of aromatic nitrogens is 2. The summed E-state index contributed by atoms with van der Waals surface area (Å²) in [6, 6.07) is 15.9. The lowest BCUT2D eigenvalue weighted by Crippen LogP contribution is -2.52. The standard InChI is InChI=1S/C44H43F3N8O7S/c45-29-11-12-54(23-29)63(61,62)51-36-8-7-35(46)39(40(36)47)41(58)34-21-49-42-33(34)19-27(20-48-42)26-2-4-30(5-3-26)53-15-13-52(14-16-53)24-31(56)18-25-1-6-32-28(17-25)22-55(44(32)60)37-9-10-38(57)50-43(37)59/h1-8,17,19-21,29,31,37,51,56H,9-16,18,22-24H2,(H,48,49)(H,50,57,59)/t29-,31-,37-/m1/s1. The molecule has 3 atom stereocenters. The molecule has 3 fully saturated rings. The predicted molar refractivity (Wildman–Crippen MR) is 226 cm³/mol. The molecular weight excluding hydrogens is 842 g/mol. The molecule has 9 rings (SSSR count). The number of aliphatic hydroxyl groups excluding tert-OH is 1. The summed E-state index contributed by atoms with van der Waals surface area (Å²) < 4.78 is 73.0. The van der Waals surface area contributed by atoms with E-state index in [4.69, 9.17) is 0 Å². The van der Waals surface area contributed by atoms with Crippen molar-refractivity contribution in [3.63, 3.8) is 0 Å². The Labute approximate surface area is 360 Å². The highest BCUT2D eigenvalue weighted by Crippen LogP contribution is 2.32. The van der Waals surface area contributed by atoms with Crippen molar-refractivity contribution in [1.29, 1.82) is 0 Å². The van der Waals surface area contributed by atoms with Gasteiger partial charge in [-0.3, -0.25) is 34.1 Å². The predicted octanol–water partition coefficient (Wildman–Crippen LogP) is 3.93. The number of halogens is 3. The number of carbonyl (C=O) groups is 4. The highest BCUT2D eigenvalue weighted by Gasteiger charge is 2.39. The fourth-order valence-corrected chi connectivity index (χ4v) is 10.1. The number of piperazine rings is 1. The second-order valence-corrected chi connectivity index (χ2v) is 18.0. The van der Waals surface area contributed by atoms with Crippen LogP contribution >= 0.6 is 0 Å². The van der Waals surface area contributed by atoms with Crippen LogP contribution in [0, 0.1) is 11.6 Å². The average Bonchev–Trinajstić information content (AvgIpc) is 3.99. The van der Waals surface area contributed by atoms with Gasteiger partial charge in [-0.2, -0.15) is 12.7 Å². The van der Waals surface area contributed by atoms with E-state index in [2.05, 4.69) is 25.1 Å². The highest BCUT2D eigenvalue weighted by atomic mass is 32.2. The van der Waals surface area contributed by atoms with E-state index in [1.807, 2.05) is 41.1 Å².